The standard InChI is InChI=1S/C24H24N2O4/c1-16-5-4-6-22(15-16)30-17(2)23(27)25-19-9-7-18(8-10-19)24(28)26-20-11-13-21(29-3)14-12-20/h4-15,17H,1-3H3,(H,25,27)(H,26,28)/t17-/m0/s1. The number of amides is 2. The van der Waals surface area contributed by atoms with Crippen LogP contribution in [0.15, 0.2) is 72.8 Å². The SMILES string of the molecule is COc1ccc(NC(=O)c2ccc(NC(=O)[C@H](C)Oc3cccc(C)c3)cc2)cc1. The largest absolute Gasteiger partial charge is 0.497 e. The predicted molar refractivity (Wildman–Crippen MR) is 117 cm³/mol. The quantitative estimate of drug-likeness (QED) is 0.600. The Bertz CT molecular complexity index is 1010. The summed E-state index contributed by atoms with van der Waals surface area (Å²) < 4.78 is 10.8. The van der Waals surface area contributed by atoms with Crippen LogP contribution in [0.25, 0.3) is 0 Å². The van der Waals surface area contributed by atoms with Gasteiger partial charge in [0.05, 0.1) is 7.11 Å². The highest BCUT2D eigenvalue weighted by Crippen LogP contribution is 2.18. The van der Waals surface area contributed by atoms with Gasteiger partial charge in [0, 0.05) is 16.9 Å². The molecule has 3 rings (SSSR count). The van der Waals surface area contributed by atoms with Gasteiger partial charge in [-0.25, -0.2) is 0 Å². The number of benzene rings is 3. The monoisotopic (exact) mass is 404 g/mol. The van der Waals surface area contributed by atoms with Gasteiger partial charge in [-0.05, 0) is 80.1 Å². The molecule has 0 heterocycles. The van der Waals surface area contributed by atoms with Gasteiger partial charge in [0.2, 0.25) is 0 Å². The van der Waals surface area contributed by atoms with E-state index in [2.05, 4.69) is 10.6 Å². The Balaban J connectivity index is 1.56. The summed E-state index contributed by atoms with van der Waals surface area (Å²) in [5.74, 6) is 0.845. The average molecular weight is 404 g/mol. The maximum atomic E-state index is 12.4. The van der Waals surface area contributed by atoms with E-state index in [4.69, 9.17) is 9.47 Å². The van der Waals surface area contributed by atoms with Crippen LogP contribution >= 0.6 is 0 Å². The van der Waals surface area contributed by atoms with Crippen molar-refractivity contribution in [1.82, 2.24) is 0 Å². The van der Waals surface area contributed by atoms with Gasteiger partial charge in [0.15, 0.2) is 6.10 Å². The van der Waals surface area contributed by atoms with Crippen molar-refractivity contribution >= 4 is 23.2 Å². The molecule has 6 heteroatoms. The molecule has 0 saturated carbocycles. The minimum atomic E-state index is -0.662. The minimum absolute atomic E-state index is 0.241. The third-order valence-corrected chi connectivity index (χ3v) is 4.43. The van der Waals surface area contributed by atoms with Gasteiger partial charge in [0.1, 0.15) is 11.5 Å². The Morgan fingerprint density at radius 3 is 2.10 bits per heavy atom. The Hall–Kier alpha value is -3.80. The molecule has 0 aliphatic heterocycles. The van der Waals surface area contributed by atoms with Gasteiger partial charge in [-0.3, -0.25) is 9.59 Å². The zero-order valence-electron chi connectivity index (χ0n) is 17.1. The van der Waals surface area contributed by atoms with Gasteiger partial charge in [-0.2, -0.15) is 0 Å². The van der Waals surface area contributed by atoms with E-state index >= 15 is 0 Å². The van der Waals surface area contributed by atoms with Crippen molar-refractivity contribution < 1.29 is 19.1 Å². The highest BCUT2D eigenvalue weighted by Gasteiger charge is 2.15. The average Bonchev–Trinajstić information content (AvgIpc) is 2.74. The summed E-state index contributed by atoms with van der Waals surface area (Å²) in [6.07, 6.45) is -0.662. The number of hydrogen-bond donors (Lipinski definition) is 2. The van der Waals surface area contributed by atoms with Crippen LogP contribution in [0.5, 0.6) is 11.5 Å². The molecule has 3 aromatic carbocycles. The molecule has 0 bridgehead atoms. The van der Waals surface area contributed by atoms with Crippen molar-refractivity contribution in [2.24, 2.45) is 0 Å². The lowest BCUT2D eigenvalue weighted by atomic mass is 10.2. The molecule has 0 unspecified atom stereocenters. The number of nitrogens with one attached hydrogen (secondary N) is 2. The van der Waals surface area contributed by atoms with Gasteiger partial charge in [0.25, 0.3) is 11.8 Å². The smallest absolute Gasteiger partial charge is 0.265 e. The first-order valence-electron chi connectivity index (χ1n) is 9.54. The zero-order valence-corrected chi connectivity index (χ0v) is 17.1. The molecule has 0 saturated heterocycles. The van der Waals surface area contributed by atoms with Crippen LogP contribution in [0.2, 0.25) is 0 Å². The first-order chi connectivity index (χ1) is 14.4. The van der Waals surface area contributed by atoms with Crippen LogP contribution in [0, 0.1) is 6.92 Å². The van der Waals surface area contributed by atoms with Gasteiger partial charge >= 0.3 is 0 Å². The molecular weight excluding hydrogens is 380 g/mol. The molecule has 2 N–H and O–H groups in total. The number of methoxy groups -OCH3 is 1. The normalized spacial score (nSPS) is 11.3. The Morgan fingerprint density at radius 2 is 1.47 bits per heavy atom. The van der Waals surface area contributed by atoms with Crippen molar-refractivity contribution in [3.63, 3.8) is 0 Å². The maximum Gasteiger partial charge on any atom is 0.265 e. The molecule has 0 radical (unpaired) electrons. The number of hydrogen-bond acceptors (Lipinski definition) is 4. The number of rotatable bonds is 7. The van der Waals surface area contributed by atoms with Gasteiger partial charge in [-0.15, -0.1) is 0 Å². The molecule has 0 aliphatic rings. The summed E-state index contributed by atoms with van der Waals surface area (Å²) in [6, 6.07) is 21.3. The Labute approximate surface area is 175 Å². The molecule has 0 fully saturated rings. The van der Waals surface area contributed by atoms with Crippen molar-refractivity contribution in [2.75, 3.05) is 17.7 Å². The first-order valence-corrected chi connectivity index (χ1v) is 9.54. The van der Waals surface area contributed by atoms with Crippen LogP contribution in [-0.2, 0) is 4.79 Å². The van der Waals surface area contributed by atoms with E-state index in [0.29, 0.717) is 28.4 Å². The minimum Gasteiger partial charge on any atom is -0.497 e. The summed E-state index contributed by atoms with van der Waals surface area (Å²) in [5, 5.41) is 5.61. The Morgan fingerprint density at radius 1 is 0.833 bits per heavy atom. The molecule has 154 valence electrons. The fourth-order valence-electron chi connectivity index (χ4n) is 2.77. The molecule has 30 heavy (non-hydrogen) atoms. The fraction of sp³-hybridized carbons (Fsp3) is 0.167. The molecule has 0 aliphatic carbocycles. The number of carbonyl (C=O) groups is 2. The number of anilines is 2. The highest BCUT2D eigenvalue weighted by atomic mass is 16.5. The molecular formula is C24H24N2O4. The summed E-state index contributed by atoms with van der Waals surface area (Å²) in [4.78, 5) is 24.8. The Kier molecular flexibility index (Phi) is 6.70. The summed E-state index contributed by atoms with van der Waals surface area (Å²) in [5.41, 5.74) is 2.79. The van der Waals surface area contributed by atoms with Crippen molar-refractivity contribution in [2.45, 2.75) is 20.0 Å². The lowest BCUT2D eigenvalue weighted by molar-refractivity contribution is -0.122. The topological polar surface area (TPSA) is 76.7 Å². The first kappa shape index (κ1) is 20.9. The van der Waals surface area contributed by atoms with E-state index in [1.165, 1.54) is 0 Å². The summed E-state index contributed by atoms with van der Waals surface area (Å²) >= 11 is 0. The number of carbonyl (C=O) groups excluding carboxylic acids is 2. The molecule has 0 spiro atoms. The molecule has 0 aromatic heterocycles. The molecule has 2 amide bonds. The second-order valence-electron chi connectivity index (χ2n) is 6.83. The van der Waals surface area contributed by atoms with Crippen LogP contribution in [0.3, 0.4) is 0 Å². The lowest BCUT2D eigenvalue weighted by Crippen LogP contribution is -2.30. The number of ether oxygens (including phenoxy) is 2. The van der Waals surface area contributed by atoms with Crippen LogP contribution < -0.4 is 20.1 Å². The summed E-state index contributed by atoms with van der Waals surface area (Å²) in [7, 11) is 1.59. The third kappa shape index (κ3) is 5.61. The van der Waals surface area contributed by atoms with E-state index in [-0.39, 0.29) is 11.8 Å². The number of aryl methyl sites for hydroxylation is 1. The van der Waals surface area contributed by atoms with Gasteiger partial charge < -0.3 is 20.1 Å². The van der Waals surface area contributed by atoms with Crippen LogP contribution in [0.1, 0.15) is 22.8 Å². The highest BCUT2D eigenvalue weighted by molar-refractivity contribution is 6.04. The fourth-order valence-corrected chi connectivity index (χ4v) is 2.77. The van der Waals surface area contributed by atoms with Crippen LogP contribution in [0.4, 0.5) is 11.4 Å². The van der Waals surface area contributed by atoms with Crippen molar-refractivity contribution in [3.05, 3.63) is 83.9 Å². The van der Waals surface area contributed by atoms with E-state index in [1.807, 2.05) is 31.2 Å². The molecule has 3 aromatic rings. The van der Waals surface area contributed by atoms with Gasteiger partial charge in [-0.1, -0.05) is 12.1 Å². The maximum absolute atomic E-state index is 12.4. The third-order valence-electron chi connectivity index (χ3n) is 4.43. The van der Waals surface area contributed by atoms with E-state index in [1.54, 1.807) is 62.6 Å². The summed E-state index contributed by atoms with van der Waals surface area (Å²) in [6.45, 7) is 3.65. The van der Waals surface area contributed by atoms with Crippen molar-refractivity contribution in [3.8, 4) is 11.5 Å². The second-order valence-corrected chi connectivity index (χ2v) is 6.83. The predicted octanol–water partition coefficient (Wildman–Crippen LogP) is 4.66. The zero-order chi connectivity index (χ0) is 21.5. The second kappa shape index (κ2) is 9.60. The molecule has 1 atom stereocenters. The van der Waals surface area contributed by atoms with Crippen LogP contribution in [-0.4, -0.2) is 25.0 Å². The molecule has 6 nitrogen and oxygen atoms in total. The lowest BCUT2D eigenvalue weighted by Gasteiger charge is -2.15. The van der Waals surface area contributed by atoms with E-state index < -0.39 is 6.10 Å². The van der Waals surface area contributed by atoms with E-state index in [0.717, 1.165) is 5.56 Å². The van der Waals surface area contributed by atoms with Crippen molar-refractivity contribution in [1.29, 1.82) is 0 Å². The van der Waals surface area contributed by atoms with E-state index in [9.17, 15) is 9.59 Å².